The van der Waals surface area contributed by atoms with Crippen molar-refractivity contribution in [2.75, 3.05) is 5.33 Å². The third-order valence-corrected chi connectivity index (χ3v) is 0.566. The fourth-order valence-corrected chi connectivity index (χ4v) is 0.313. The van der Waals surface area contributed by atoms with E-state index in [0.29, 0.717) is 0 Å². The molecule has 0 unspecified atom stereocenters. The zero-order valence-electron chi connectivity index (χ0n) is 5.42. The molecule has 0 atom stereocenters. The second-order valence-electron chi connectivity index (χ2n) is 1.29. The molecule has 1 nitrogen and oxygen atoms in total. The van der Waals surface area contributed by atoms with Crippen LogP contribution in [0.5, 0.6) is 0 Å². The molecule has 0 radical (unpaired) electrons. The number of nitrogens with zero attached hydrogens (tertiary/aromatic N) is 1. The summed E-state index contributed by atoms with van der Waals surface area (Å²) in [6, 6.07) is 5.72. The van der Waals surface area contributed by atoms with Crippen LogP contribution in [0, 0.1) is 0 Å². The molecule has 0 amide bonds. The average molecular weight is 188 g/mol. The van der Waals surface area contributed by atoms with Crippen molar-refractivity contribution in [3.05, 3.63) is 30.6 Å². The van der Waals surface area contributed by atoms with E-state index < -0.39 is 0 Å². The summed E-state index contributed by atoms with van der Waals surface area (Å²) < 4.78 is 0. The molecule has 50 valence electrons. The Bertz CT molecular complexity index is 91.8. The second-order valence-corrected chi connectivity index (χ2v) is 2.41. The van der Waals surface area contributed by atoms with Gasteiger partial charge >= 0.3 is 0 Å². The molecule has 0 bridgehead atoms. The summed E-state index contributed by atoms with van der Waals surface area (Å²) in [5.41, 5.74) is 0. The van der Waals surface area contributed by atoms with Gasteiger partial charge in [-0.3, -0.25) is 4.98 Å². The first kappa shape index (κ1) is 8.63. The number of hydrogen-bond acceptors (Lipinski definition) is 1. The van der Waals surface area contributed by atoms with Crippen molar-refractivity contribution in [1.29, 1.82) is 0 Å². The lowest BCUT2D eigenvalue weighted by atomic mass is 10.5. The molecular weight excluding hydrogens is 178 g/mol. The third kappa shape index (κ3) is 7.63. The lowest BCUT2D eigenvalue weighted by molar-refractivity contribution is 1.33. The van der Waals surface area contributed by atoms with Gasteiger partial charge in [-0.15, -0.1) is 0 Å². The van der Waals surface area contributed by atoms with Gasteiger partial charge in [-0.2, -0.15) is 0 Å². The fraction of sp³-hybridized carbons (Fsp3) is 0.286. The Morgan fingerprint density at radius 2 is 1.67 bits per heavy atom. The maximum atomic E-state index is 3.78. The van der Waals surface area contributed by atoms with Crippen LogP contribution in [0.3, 0.4) is 0 Å². The highest BCUT2D eigenvalue weighted by Crippen LogP contribution is 1.73. The van der Waals surface area contributed by atoms with Gasteiger partial charge in [0.15, 0.2) is 0 Å². The van der Waals surface area contributed by atoms with Crippen molar-refractivity contribution in [2.45, 2.75) is 6.92 Å². The minimum absolute atomic E-state index is 1.06. The van der Waals surface area contributed by atoms with Crippen LogP contribution < -0.4 is 0 Å². The van der Waals surface area contributed by atoms with Crippen LogP contribution in [0.1, 0.15) is 6.92 Å². The first-order chi connectivity index (χ1) is 4.41. The van der Waals surface area contributed by atoms with Crippen molar-refractivity contribution in [1.82, 2.24) is 4.98 Å². The Labute approximate surface area is 64.3 Å². The van der Waals surface area contributed by atoms with Crippen LogP contribution in [-0.2, 0) is 0 Å². The van der Waals surface area contributed by atoms with E-state index in [1.165, 1.54) is 0 Å². The molecule has 2 heteroatoms. The first-order valence-corrected chi connectivity index (χ1v) is 3.95. The molecule has 1 heterocycles. The van der Waals surface area contributed by atoms with Crippen molar-refractivity contribution in [2.24, 2.45) is 0 Å². The molecule has 0 aliphatic heterocycles. The molecule has 1 aromatic heterocycles. The van der Waals surface area contributed by atoms with Crippen LogP contribution in [0.25, 0.3) is 0 Å². The maximum Gasteiger partial charge on any atom is 0.0267 e. The van der Waals surface area contributed by atoms with Gasteiger partial charge in [0, 0.05) is 17.7 Å². The van der Waals surface area contributed by atoms with Crippen molar-refractivity contribution < 1.29 is 0 Å². The molecular formula is C7H10BrN. The van der Waals surface area contributed by atoms with Gasteiger partial charge in [0.2, 0.25) is 0 Å². The molecule has 0 spiro atoms. The van der Waals surface area contributed by atoms with Crippen LogP contribution >= 0.6 is 15.9 Å². The summed E-state index contributed by atoms with van der Waals surface area (Å²) >= 11 is 3.15. The first-order valence-electron chi connectivity index (χ1n) is 2.82. The van der Waals surface area contributed by atoms with E-state index >= 15 is 0 Å². The lowest BCUT2D eigenvalue weighted by Crippen LogP contribution is -1.58. The molecule has 0 aliphatic carbocycles. The highest BCUT2D eigenvalue weighted by Gasteiger charge is 1.58. The topological polar surface area (TPSA) is 12.9 Å². The predicted molar refractivity (Wildman–Crippen MR) is 43.7 cm³/mol. The van der Waals surface area contributed by atoms with Crippen LogP contribution in [0.2, 0.25) is 0 Å². The van der Waals surface area contributed by atoms with Crippen molar-refractivity contribution in [3.8, 4) is 0 Å². The highest BCUT2D eigenvalue weighted by molar-refractivity contribution is 9.09. The van der Waals surface area contributed by atoms with Gasteiger partial charge < -0.3 is 0 Å². The van der Waals surface area contributed by atoms with Crippen LogP contribution in [-0.4, -0.2) is 10.3 Å². The van der Waals surface area contributed by atoms with E-state index in [0.717, 1.165) is 5.33 Å². The molecule has 1 rings (SSSR count). The Morgan fingerprint density at radius 1 is 1.22 bits per heavy atom. The molecule has 0 saturated heterocycles. The summed E-state index contributed by atoms with van der Waals surface area (Å²) in [5.74, 6) is 0. The van der Waals surface area contributed by atoms with E-state index in [9.17, 15) is 0 Å². The summed E-state index contributed by atoms with van der Waals surface area (Å²) in [6.45, 7) is 2.04. The van der Waals surface area contributed by atoms with Gasteiger partial charge in [-0.05, 0) is 12.1 Å². The van der Waals surface area contributed by atoms with Crippen molar-refractivity contribution >= 4 is 15.9 Å². The Hall–Kier alpha value is -0.370. The van der Waals surface area contributed by atoms with Gasteiger partial charge in [-0.25, -0.2) is 0 Å². The van der Waals surface area contributed by atoms with Gasteiger partial charge in [-0.1, -0.05) is 28.9 Å². The van der Waals surface area contributed by atoms with E-state index in [-0.39, 0.29) is 0 Å². The number of pyridine rings is 1. The third-order valence-electron chi connectivity index (χ3n) is 0.566. The Morgan fingerprint density at radius 3 is 1.78 bits per heavy atom. The summed E-state index contributed by atoms with van der Waals surface area (Å²) in [5, 5.41) is 1.06. The molecule has 0 aliphatic rings. The number of halogens is 1. The molecule has 0 saturated carbocycles. The maximum absolute atomic E-state index is 3.78. The molecule has 0 N–H and O–H groups in total. The number of rotatable bonds is 0. The van der Waals surface area contributed by atoms with E-state index in [1.807, 2.05) is 25.1 Å². The van der Waals surface area contributed by atoms with Crippen molar-refractivity contribution in [3.63, 3.8) is 0 Å². The summed E-state index contributed by atoms with van der Waals surface area (Å²) in [4.78, 5) is 3.78. The monoisotopic (exact) mass is 187 g/mol. The second kappa shape index (κ2) is 7.63. The smallest absolute Gasteiger partial charge is 0.0267 e. The van der Waals surface area contributed by atoms with Gasteiger partial charge in [0.1, 0.15) is 0 Å². The van der Waals surface area contributed by atoms with E-state index in [1.54, 1.807) is 12.4 Å². The van der Waals surface area contributed by atoms with Gasteiger partial charge in [0.05, 0.1) is 0 Å². The molecule has 1 aromatic rings. The zero-order chi connectivity index (χ0) is 6.95. The zero-order valence-corrected chi connectivity index (χ0v) is 7.01. The Kier molecular flexibility index (Phi) is 7.32. The minimum Gasteiger partial charge on any atom is -0.265 e. The predicted octanol–water partition coefficient (Wildman–Crippen LogP) is 2.48. The summed E-state index contributed by atoms with van der Waals surface area (Å²) in [6.07, 6.45) is 3.50. The highest BCUT2D eigenvalue weighted by atomic mass is 79.9. The fourth-order valence-electron chi connectivity index (χ4n) is 0.313. The van der Waals surface area contributed by atoms with Gasteiger partial charge in [0.25, 0.3) is 0 Å². The standard InChI is InChI=1S/C5H5N.C2H5Br/c1-2-4-6-5-3-1;1-2-3/h1-5H;2H2,1H3. The number of alkyl halides is 1. The number of aromatic nitrogens is 1. The SMILES string of the molecule is CCBr.c1ccncc1. The minimum atomic E-state index is 1.06. The van der Waals surface area contributed by atoms with E-state index in [2.05, 4.69) is 20.9 Å². The quantitative estimate of drug-likeness (QED) is 0.570. The number of hydrogen-bond donors (Lipinski definition) is 0. The Balaban J connectivity index is 0.000000187. The molecule has 9 heavy (non-hydrogen) atoms. The normalized spacial score (nSPS) is 7.33. The molecule has 0 fully saturated rings. The van der Waals surface area contributed by atoms with Crippen LogP contribution in [0.15, 0.2) is 30.6 Å². The summed E-state index contributed by atoms with van der Waals surface area (Å²) in [7, 11) is 0. The lowest BCUT2D eigenvalue weighted by Gasteiger charge is -1.70. The average Bonchev–Trinajstić information content (AvgIpc) is 1.93. The van der Waals surface area contributed by atoms with Crippen LogP contribution in [0.4, 0.5) is 0 Å². The molecule has 0 aromatic carbocycles. The van der Waals surface area contributed by atoms with E-state index in [4.69, 9.17) is 0 Å². The largest absolute Gasteiger partial charge is 0.265 e.